The normalized spacial score (nSPS) is 17.7. The molecule has 0 radical (unpaired) electrons. The van der Waals surface area contributed by atoms with Crippen molar-refractivity contribution in [2.45, 2.75) is 39.7 Å². The number of rotatable bonds is 5. The number of piperidine rings is 1. The van der Waals surface area contributed by atoms with Gasteiger partial charge < -0.3 is 10.0 Å². The van der Waals surface area contributed by atoms with Crippen molar-refractivity contribution in [1.82, 2.24) is 19.9 Å². The van der Waals surface area contributed by atoms with Gasteiger partial charge in [0.25, 0.3) is 5.91 Å². The number of amides is 1. The lowest BCUT2D eigenvalue weighted by Crippen LogP contribution is -2.41. The molecule has 2 aromatic heterocycles. The van der Waals surface area contributed by atoms with E-state index in [9.17, 15) is 9.59 Å². The summed E-state index contributed by atoms with van der Waals surface area (Å²) in [6.45, 7) is 6.15. The SMILES string of the molecule is CCc1c(C(=O)N2CCCC(Cn3cc(C(=O)O)nn3)C2)csc1C. The van der Waals surface area contributed by atoms with Crippen LogP contribution in [0.15, 0.2) is 11.6 Å². The summed E-state index contributed by atoms with van der Waals surface area (Å²) in [5.41, 5.74) is 1.93. The van der Waals surface area contributed by atoms with Crippen molar-refractivity contribution in [2.75, 3.05) is 13.1 Å². The third-order valence-electron chi connectivity index (χ3n) is 4.70. The van der Waals surface area contributed by atoms with Gasteiger partial charge in [0.1, 0.15) is 0 Å². The molecule has 8 heteroatoms. The molecule has 0 bridgehead atoms. The van der Waals surface area contributed by atoms with Crippen LogP contribution in [0, 0.1) is 12.8 Å². The zero-order valence-corrected chi connectivity index (χ0v) is 15.3. The number of carbonyl (C=O) groups excluding carboxylic acids is 1. The molecule has 1 amide bonds. The highest BCUT2D eigenvalue weighted by Gasteiger charge is 2.27. The Morgan fingerprint density at radius 3 is 2.92 bits per heavy atom. The Kier molecular flexibility index (Phi) is 5.17. The van der Waals surface area contributed by atoms with E-state index in [1.807, 2.05) is 10.3 Å². The molecule has 0 aliphatic carbocycles. The molecule has 1 N–H and O–H groups in total. The van der Waals surface area contributed by atoms with Crippen molar-refractivity contribution in [1.29, 1.82) is 0 Å². The zero-order chi connectivity index (χ0) is 18.0. The first kappa shape index (κ1) is 17.6. The molecule has 1 saturated heterocycles. The van der Waals surface area contributed by atoms with Gasteiger partial charge in [0.15, 0.2) is 5.69 Å². The number of likely N-dealkylation sites (tertiary alicyclic amines) is 1. The summed E-state index contributed by atoms with van der Waals surface area (Å²) in [6, 6.07) is 0. The van der Waals surface area contributed by atoms with Crippen LogP contribution in [0.5, 0.6) is 0 Å². The van der Waals surface area contributed by atoms with E-state index >= 15 is 0 Å². The average Bonchev–Trinajstić information content (AvgIpc) is 3.21. The van der Waals surface area contributed by atoms with Crippen LogP contribution in [0.1, 0.15) is 51.1 Å². The van der Waals surface area contributed by atoms with Gasteiger partial charge in [-0.05, 0) is 37.7 Å². The Morgan fingerprint density at radius 1 is 1.44 bits per heavy atom. The summed E-state index contributed by atoms with van der Waals surface area (Å²) in [4.78, 5) is 26.9. The Bertz CT molecular complexity index is 783. The third-order valence-corrected chi connectivity index (χ3v) is 5.65. The van der Waals surface area contributed by atoms with Crippen LogP contribution >= 0.6 is 11.3 Å². The van der Waals surface area contributed by atoms with E-state index < -0.39 is 5.97 Å². The fourth-order valence-corrected chi connectivity index (χ4v) is 4.35. The van der Waals surface area contributed by atoms with Crippen molar-refractivity contribution >= 4 is 23.2 Å². The predicted octanol–water partition coefficient (Wildman–Crippen LogP) is 2.46. The summed E-state index contributed by atoms with van der Waals surface area (Å²) in [6.07, 6.45) is 4.25. The fraction of sp³-hybridized carbons (Fsp3) is 0.529. The van der Waals surface area contributed by atoms with Crippen molar-refractivity contribution < 1.29 is 14.7 Å². The van der Waals surface area contributed by atoms with Crippen LogP contribution < -0.4 is 0 Å². The van der Waals surface area contributed by atoms with Gasteiger partial charge in [0.05, 0.1) is 11.8 Å². The van der Waals surface area contributed by atoms with Crippen LogP contribution in [0.25, 0.3) is 0 Å². The quantitative estimate of drug-likeness (QED) is 0.883. The number of carbonyl (C=O) groups is 2. The number of thiophene rings is 1. The van der Waals surface area contributed by atoms with Gasteiger partial charge in [-0.1, -0.05) is 12.1 Å². The molecule has 1 aliphatic heterocycles. The van der Waals surface area contributed by atoms with E-state index in [1.54, 1.807) is 16.0 Å². The molecule has 1 fully saturated rings. The second kappa shape index (κ2) is 7.35. The van der Waals surface area contributed by atoms with E-state index in [0.717, 1.165) is 36.9 Å². The second-order valence-electron chi connectivity index (χ2n) is 6.43. The predicted molar refractivity (Wildman–Crippen MR) is 94.0 cm³/mol. The summed E-state index contributed by atoms with van der Waals surface area (Å²) in [5, 5.41) is 18.4. The summed E-state index contributed by atoms with van der Waals surface area (Å²) >= 11 is 1.63. The van der Waals surface area contributed by atoms with Crippen LogP contribution in [-0.4, -0.2) is 50.0 Å². The fourth-order valence-electron chi connectivity index (χ4n) is 3.42. The van der Waals surface area contributed by atoms with Gasteiger partial charge in [0.2, 0.25) is 0 Å². The molecule has 25 heavy (non-hydrogen) atoms. The molecule has 134 valence electrons. The zero-order valence-electron chi connectivity index (χ0n) is 14.4. The topological polar surface area (TPSA) is 88.3 Å². The van der Waals surface area contributed by atoms with Crippen molar-refractivity contribution in [3.05, 3.63) is 33.3 Å². The lowest BCUT2D eigenvalue weighted by molar-refractivity contribution is 0.0657. The van der Waals surface area contributed by atoms with Gasteiger partial charge in [-0.25, -0.2) is 4.79 Å². The highest BCUT2D eigenvalue weighted by atomic mass is 32.1. The van der Waals surface area contributed by atoms with E-state index in [0.29, 0.717) is 13.1 Å². The minimum Gasteiger partial charge on any atom is -0.476 e. The number of carboxylic acid groups (broad SMARTS) is 1. The molecule has 1 atom stereocenters. The largest absolute Gasteiger partial charge is 0.476 e. The van der Waals surface area contributed by atoms with E-state index in [4.69, 9.17) is 5.11 Å². The highest BCUT2D eigenvalue weighted by Crippen LogP contribution is 2.26. The molecule has 2 aromatic rings. The van der Waals surface area contributed by atoms with Gasteiger partial charge >= 0.3 is 5.97 Å². The van der Waals surface area contributed by atoms with Crippen LogP contribution in [0.4, 0.5) is 0 Å². The van der Waals surface area contributed by atoms with Gasteiger partial charge in [0, 0.05) is 29.9 Å². The number of aryl methyl sites for hydroxylation is 1. The van der Waals surface area contributed by atoms with Gasteiger partial charge in [-0.3, -0.25) is 9.48 Å². The maximum Gasteiger partial charge on any atom is 0.358 e. The molecule has 0 saturated carbocycles. The molecule has 0 aromatic carbocycles. The molecule has 1 unspecified atom stereocenters. The standard InChI is InChI=1S/C17H22N4O3S/c1-3-13-11(2)25-10-14(13)16(22)20-6-4-5-12(7-20)8-21-9-15(17(23)24)18-19-21/h9-10,12H,3-8H2,1-2H3,(H,23,24). The summed E-state index contributed by atoms with van der Waals surface area (Å²) in [7, 11) is 0. The smallest absolute Gasteiger partial charge is 0.358 e. The monoisotopic (exact) mass is 362 g/mol. The number of aromatic nitrogens is 3. The molecular weight excluding hydrogens is 340 g/mol. The van der Waals surface area contributed by atoms with Crippen LogP contribution in [0.3, 0.4) is 0 Å². The third kappa shape index (κ3) is 3.73. The molecule has 0 spiro atoms. The Labute approximate surface area is 150 Å². The number of carboxylic acids is 1. The van der Waals surface area contributed by atoms with Crippen LogP contribution in [0.2, 0.25) is 0 Å². The number of aromatic carboxylic acids is 1. The molecule has 7 nitrogen and oxygen atoms in total. The van der Waals surface area contributed by atoms with E-state index in [-0.39, 0.29) is 17.5 Å². The Morgan fingerprint density at radius 2 is 2.24 bits per heavy atom. The minimum atomic E-state index is -1.08. The first-order chi connectivity index (χ1) is 12.0. The van der Waals surface area contributed by atoms with E-state index in [1.165, 1.54) is 11.1 Å². The second-order valence-corrected chi connectivity index (χ2v) is 7.51. The van der Waals surface area contributed by atoms with Crippen molar-refractivity contribution in [3.8, 4) is 0 Å². The van der Waals surface area contributed by atoms with Crippen LogP contribution in [-0.2, 0) is 13.0 Å². The molecule has 3 rings (SSSR count). The van der Waals surface area contributed by atoms with Crippen molar-refractivity contribution in [3.63, 3.8) is 0 Å². The first-order valence-corrected chi connectivity index (χ1v) is 9.37. The Hall–Kier alpha value is -2.22. The lowest BCUT2D eigenvalue weighted by Gasteiger charge is -2.32. The Balaban J connectivity index is 1.67. The summed E-state index contributed by atoms with van der Waals surface area (Å²) in [5.74, 6) is -0.715. The highest BCUT2D eigenvalue weighted by molar-refractivity contribution is 7.10. The number of hydrogen-bond donors (Lipinski definition) is 1. The number of hydrogen-bond acceptors (Lipinski definition) is 5. The summed E-state index contributed by atoms with van der Waals surface area (Å²) < 4.78 is 1.56. The number of nitrogens with zero attached hydrogens (tertiary/aromatic N) is 4. The van der Waals surface area contributed by atoms with E-state index in [2.05, 4.69) is 24.2 Å². The molecule has 3 heterocycles. The first-order valence-electron chi connectivity index (χ1n) is 8.49. The molecular formula is C17H22N4O3S. The average molecular weight is 362 g/mol. The lowest BCUT2D eigenvalue weighted by atomic mass is 9.97. The maximum atomic E-state index is 12.9. The maximum absolute atomic E-state index is 12.9. The van der Waals surface area contributed by atoms with Gasteiger partial charge in [-0.15, -0.1) is 16.4 Å². The van der Waals surface area contributed by atoms with Crippen molar-refractivity contribution in [2.24, 2.45) is 5.92 Å². The molecule has 1 aliphatic rings. The van der Waals surface area contributed by atoms with Gasteiger partial charge in [-0.2, -0.15) is 0 Å². The minimum absolute atomic E-state index is 0.0509.